The van der Waals surface area contributed by atoms with Gasteiger partial charge in [-0.15, -0.1) is 0 Å². The number of halogens is 1. The number of benzene rings is 3. The molecular weight excluding hydrogens is 522 g/mol. The summed E-state index contributed by atoms with van der Waals surface area (Å²) in [5, 5.41) is 3.44. The summed E-state index contributed by atoms with van der Waals surface area (Å²) in [6, 6.07) is 24.0. The van der Waals surface area contributed by atoms with E-state index in [9.17, 15) is 18.0 Å². The van der Waals surface area contributed by atoms with E-state index in [0.717, 1.165) is 16.1 Å². The van der Waals surface area contributed by atoms with E-state index in [0.29, 0.717) is 16.3 Å². The largest absolute Gasteiger partial charge is 0.350 e. The van der Waals surface area contributed by atoms with Gasteiger partial charge in [-0.1, -0.05) is 78.3 Å². The summed E-state index contributed by atoms with van der Waals surface area (Å²) in [6.45, 7) is 5.16. The van der Waals surface area contributed by atoms with Crippen molar-refractivity contribution in [3.8, 4) is 0 Å². The second kappa shape index (κ2) is 12.5. The molecule has 0 aliphatic heterocycles. The Morgan fingerprint density at radius 1 is 0.895 bits per heavy atom. The lowest BCUT2D eigenvalue weighted by atomic mass is 10.0. The van der Waals surface area contributed by atoms with Crippen LogP contribution < -0.4 is 9.62 Å². The van der Waals surface area contributed by atoms with Crippen LogP contribution in [0.3, 0.4) is 0 Å². The SMILES string of the molecule is CC(C)(C)NC(=O)C(Cc1ccccc1)N(Cc1ccccc1Cl)C(=O)CN(c1ccccc1)S(C)(=O)=O. The van der Waals surface area contributed by atoms with Crippen molar-refractivity contribution in [2.45, 2.75) is 45.3 Å². The van der Waals surface area contributed by atoms with E-state index in [1.54, 1.807) is 54.6 Å². The van der Waals surface area contributed by atoms with Crippen LogP contribution in [-0.4, -0.2) is 49.5 Å². The molecule has 1 N–H and O–H groups in total. The molecular formula is C29H34ClN3O4S. The minimum Gasteiger partial charge on any atom is -0.350 e. The van der Waals surface area contributed by atoms with Crippen LogP contribution >= 0.6 is 11.6 Å². The van der Waals surface area contributed by atoms with Crippen molar-refractivity contribution in [2.24, 2.45) is 0 Å². The van der Waals surface area contributed by atoms with Gasteiger partial charge >= 0.3 is 0 Å². The zero-order valence-electron chi connectivity index (χ0n) is 22.1. The van der Waals surface area contributed by atoms with Crippen LogP contribution in [0.1, 0.15) is 31.9 Å². The number of para-hydroxylation sites is 1. The van der Waals surface area contributed by atoms with Crippen molar-refractivity contribution in [1.82, 2.24) is 10.2 Å². The van der Waals surface area contributed by atoms with Crippen LogP contribution in [0, 0.1) is 0 Å². The Hall–Kier alpha value is -3.36. The first-order valence-electron chi connectivity index (χ1n) is 12.3. The molecule has 3 rings (SSSR count). The number of hydrogen-bond acceptors (Lipinski definition) is 4. The minimum absolute atomic E-state index is 0.0277. The van der Waals surface area contributed by atoms with Gasteiger partial charge in [-0.3, -0.25) is 13.9 Å². The molecule has 1 atom stereocenters. The number of hydrogen-bond donors (Lipinski definition) is 1. The number of nitrogens with zero attached hydrogens (tertiary/aromatic N) is 2. The maximum absolute atomic E-state index is 14.0. The predicted molar refractivity (Wildman–Crippen MR) is 152 cm³/mol. The number of sulfonamides is 1. The van der Waals surface area contributed by atoms with Crippen LogP contribution in [0.25, 0.3) is 0 Å². The highest BCUT2D eigenvalue weighted by Gasteiger charge is 2.34. The standard InChI is InChI=1S/C29H34ClN3O4S/c1-29(2,3)31-28(35)26(19-22-13-7-5-8-14-22)32(20-23-15-11-12-18-25(23)30)27(34)21-33(38(4,36)37)24-16-9-6-10-17-24/h5-18,26H,19-21H2,1-4H3,(H,31,35). The van der Waals surface area contributed by atoms with Crippen molar-refractivity contribution in [3.05, 3.63) is 101 Å². The summed E-state index contributed by atoms with van der Waals surface area (Å²) in [7, 11) is -3.80. The maximum Gasteiger partial charge on any atom is 0.244 e. The van der Waals surface area contributed by atoms with Crippen molar-refractivity contribution in [1.29, 1.82) is 0 Å². The number of carbonyl (C=O) groups is 2. The molecule has 0 aromatic heterocycles. The Kier molecular flexibility index (Phi) is 9.57. The molecule has 0 spiro atoms. The Morgan fingerprint density at radius 2 is 1.45 bits per heavy atom. The molecule has 0 saturated carbocycles. The van der Waals surface area contributed by atoms with Gasteiger partial charge in [0.05, 0.1) is 11.9 Å². The van der Waals surface area contributed by atoms with E-state index in [2.05, 4.69) is 5.32 Å². The number of rotatable bonds is 10. The van der Waals surface area contributed by atoms with Crippen LogP contribution in [-0.2, 0) is 32.6 Å². The van der Waals surface area contributed by atoms with Crippen molar-refractivity contribution < 1.29 is 18.0 Å². The monoisotopic (exact) mass is 555 g/mol. The Balaban J connectivity index is 2.07. The fraction of sp³-hybridized carbons (Fsp3) is 0.310. The molecule has 0 saturated heterocycles. The fourth-order valence-corrected chi connectivity index (χ4v) is 5.07. The zero-order chi connectivity index (χ0) is 27.9. The van der Waals surface area contributed by atoms with Crippen LogP contribution in [0.5, 0.6) is 0 Å². The van der Waals surface area contributed by atoms with Crippen molar-refractivity contribution in [3.63, 3.8) is 0 Å². The lowest BCUT2D eigenvalue weighted by Gasteiger charge is -2.35. The second-order valence-corrected chi connectivity index (χ2v) is 12.5. The number of nitrogens with one attached hydrogen (secondary N) is 1. The summed E-state index contributed by atoms with van der Waals surface area (Å²) in [5.74, 6) is -0.864. The molecule has 0 fully saturated rings. The molecule has 0 heterocycles. The van der Waals surface area contributed by atoms with Crippen molar-refractivity contribution in [2.75, 3.05) is 17.1 Å². The lowest BCUT2D eigenvalue weighted by Crippen LogP contribution is -2.56. The first kappa shape index (κ1) is 29.2. The van der Waals surface area contributed by atoms with Gasteiger partial charge in [0.1, 0.15) is 12.6 Å². The molecule has 3 aromatic rings. The predicted octanol–water partition coefficient (Wildman–Crippen LogP) is 4.66. The number of amides is 2. The van der Waals surface area contributed by atoms with Crippen LogP contribution in [0.2, 0.25) is 5.02 Å². The smallest absolute Gasteiger partial charge is 0.244 e. The molecule has 0 aliphatic rings. The molecule has 7 nitrogen and oxygen atoms in total. The highest BCUT2D eigenvalue weighted by Crippen LogP contribution is 2.23. The van der Waals surface area contributed by atoms with E-state index in [4.69, 9.17) is 11.6 Å². The summed E-state index contributed by atoms with van der Waals surface area (Å²) >= 11 is 6.45. The Morgan fingerprint density at radius 3 is 2.00 bits per heavy atom. The molecule has 0 aliphatic carbocycles. The normalized spacial score (nSPS) is 12.4. The average molecular weight is 556 g/mol. The summed E-state index contributed by atoms with van der Waals surface area (Å²) in [5.41, 5.74) is 1.32. The van der Waals surface area contributed by atoms with Crippen LogP contribution in [0.4, 0.5) is 5.69 Å². The van der Waals surface area contributed by atoms with E-state index in [-0.39, 0.29) is 18.9 Å². The first-order chi connectivity index (χ1) is 17.8. The first-order valence-corrected chi connectivity index (χ1v) is 14.5. The summed E-state index contributed by atoms with van der Waals surface area (Å²) in [6.07, 6.45) is 1.29. The van der Waals surface area contributed by atoms with Gasteiger partial charge in [0.2, 0.25) is 21.8 Å². The fourth-order valence-electron chi connectivity index (χ4n) is 4.02. The quantitative estimate of drug-likeness (QED) is 0.394. The van der Waals surface area contributed by atoms with Crippen LogP contribution in [0.15, 0.2) is 84.9 Å². The highest BCUT2D eigenvalue weighted by molar-refractivity contribution is 7.92. The molecule has 0 radical (unpaired) electrons. The van der Waals surface area contributed by atoms with Gasteiger partial charge in [0, 0.05) is 23.5 Å². The van der Waals surface area contributed by atoms with Gasteiger partial charge < -0.3 is 10.2 Å². The third kappa shape index (κ3) is 8.33. The van der Waals surface area contributed by atoms with E-state index in [1.807, 2.05) is 51.1 Å². The van der Waals surface area contributed by atoms with Gasteiger partial charge in [0.25, 0.3) is 0 Å². The molecule has 1 unspecified atom stereocenters. The molecule has 202 valence electrons. The van der Waals surface area contributed by atoms with Gasteiger partial charge in [0.15, 0.2) is 0 Å². The second-order valence-electron chi connectivity index (χ2n) is 10.2. The molecule has 3 aromatic carbocycles. The number of carbonyl (C=O) groups excluding carboxylic acids is 2. The zero-order valence-corrected chi connectivity index (χ0v) is 23.7. The maximum atomic E-state index is 14.0. The third-order valence-electron chi connectivity index (χ3n) is 5.79. The van der Waals surface area contributed by atoms with E-state index >= 15 is 0 Å². The Labute approximate surface area is 230 Å². The molecule has 38 heavy (non-hydrogen) atoms. The summed E-state index contributed by atoms with van der Waals surface area (Å²) in [4.78, 5) is 29.1. The summed E-state index contributed by atoms with van der Waals surface area (Å²) < 4.78 is 26.5. The van der Waals surface area contributed by atoms with Crippen molar-refractivity contribution >= 4 is 39.1 Å². The Bertz CT molecular complexity index is 1340. The third-order valence-corrected chi connectivity index (χ3v) is 7.30. The minimum atomic E-state index is -3.80. The topological polar surface area (TPSA) is 86.8 Å². The molecule has 2 amide bonds. The van der Waals surface area contributed by atoms with E-state index in [1.165, 1.54) is 4.90 Å². The molecule has 9 heteroatoms. The van der Waals surface area contributed by atoms with Gasteiger partial charge in [-0.05, 0) is 50.1 Å². The van der Waals surface area contributed by atoms with Gasteiger partial charge in [-0.2, -0.15) is 0 Å². The van der Waals surface area contributed by atoms with E-state index < -0.39 is 34.1 Å². The lowest BCUT2D eigenvalue weighted by molar-refractivity contribution is -0.140. The average Bonchev–Trinajstić information content (AvgIpc) is 2.85. The van der Waals surface area contributed by atoms with Gasteiger partial charge in [-0.25, -0.2) is 8.42 Å². The molecule has 0 bridgehead atoms. The highest BCUT2D eigenvalue weighted by atomic mass is 35.5. The number of anilines is 1.